The summed E-state index contributed by atoms with van der Waals surface area (Å²) >= 11 is 0. The van der Waals surface area contributed by atoms with Gasteiger partial charge in [-0.2, -0.15) is 0 Å². The van der Waals surface area contributed by atoms with E-state index >= 15 is 0 Å². The fourth-order valence-corrected chi connectivity index (χ4v) is 4.66. The standard InChI is InChI=1S/C25H26N4O5/c26-22-21(23(30)27-25(32)28(22)15-16-6-2-1-3-7-16)29(18-8-4-5-9-18)24(31)17-10-11-19-20(14-17)34-13-12-33-19/h1-3,6-7,10-11,14,18H,4-5,8-9,12-13,15,26H2,(H,27,30,32). The van der Waals surface area contributed by atoms with Gasteiger partial charge in [-0.25, -0.2) is 4.79 Å². The van der Waals surface area contributed by atoms with Crippen molar-refractivity contribution in [3.05, 3.63) is 80.5 Å². The zero-order valence-corrected chi connectivity index (χ0v) is 18.7. The minimum atomic E-state index is -0.676. The van der Waals surface area contributed by atoms with E-state index in [1.54, 1.807) is 18.2 Å². The summed E-state index contributed by atoms with van der Waals surface area (Å²) in [5.74, 6) is 0.657. The Balaban J connectivity index is 1.60. The van der Waals surface area contributed by atoms with Gasteiger partial charge in [0.25, 0.3) is 11.5 Å². The molecule has 34 heavy (non-hydrogen) atoms. The first-order chi connectivity index (χ1) is 16.5. The predicted octanol–water partition coefficient (Wildman–Crippen LogP) is 2.53. The summed E-state index contributed by atoms with van der Waals surface area (Å²) in [6, 6.07) is 14.1. The maximum absolute atomic E-state index is 13.8. The van der Waals surface area contributed by atoms with Gasteiger partial charge in [-0.15, -0.1) is 0 Å². The number of hydrogen-bond acceptors (Lipinski definition) is 6. The first-order valence-corrected chi connectivity index (χ1v) is 11.4. The van der Waals surface area contributed by atoms with Crippen LogP contribution in [0.5, 0.6) is 11.5 Å². The molecule has 3 N–H and O–H groups in total. The average Bonchev–Trinajstić information content (AvgIpc) is 3.39. The van der Waals surface area contributed by atoms with Crippen LogP contribution in [0.15, 0.2) is 58.1 Å². The van der Waals surface area contributed by atoms with Gasteiger partial charge in [-0.05, 0) is 36.6 Å². The molecule has 1 aliphatic carbocycles. The van der Waals surface area contributed by atoms with Gasteiger partial charge in [0.2, 0.25) is 0 Å². The lowest BCUT2D eigenvalue weighted by Gasteiger charge is -2.30. The molecule has 2 heterocycles. The van der Waals surface area contributed by atoms with Crippen LogP contribution >= 0.6 is 0 Å². The second-order valence-corrected chi connectivity index (χ2v) is 8.54. The number of rotatable bonds is 5. The molecule has 2 aliphatic rings. The Kier molecular flexibility index (Phi) is 5.83. The smallest absolute Gasteiger partial charge is 0.330 e. The monoisotopic (exact) mass is 462 g/mol. The van der Waals surface area contributed by atoms with Crippen molar-refractivity contribution in [1.82, 2.24) is 9.55 Å². The molecule has 1 amide bonds. The molecule has 1 saturated carbocycles. The number of anilines is 2. The quantitative estimate of drug-likeness (QED) is 0.601. The number of H-pyrrole nitrogens is 1. The molecule has 0 atom stereocenters. The first-order valence-electron chi connectivity index (χ1n) is 11.4. The summed E-state index contributed by atoms with van der Waals surface area (Å²) in [7, 11) is 0. The van der Waals surface area contributed by atoms with E-state index in [1.807, 2.05) is 30.3 Å². The van der Waals surface area contributed by atoms with Crippen molar-refractivity contribution < 1.29 is 14.3 Å². The number of aromatic nitrogens is 2. The number of nitrogens with zero attached hydrogens (tertiary/aromatic N) is 2. The van der Waals surface area contributed by atoms with E-state index in [0.717, 1.165) is 31.2 Å². The number of amides is 1. The molecule has 1 aliphatic heterocycles. The van der Waals surface area contributed by atoms with Crippen LogP contribution in [-0.2, 0) is 6.54 Å². The number of nitrogen functional groups attached to an aromatic ring is 1. The zero-order valence-electron chi connectivity index (χ0n) is 18.7. The Labute approximate surface area is 195 Å². The summed E-state index contributed by atoms with van der Waals surface area (Å²) in [6.45, 7) is 1.02. The van der Waals surface area contributed by atoms with Gasteiger partial charge in [0.1, 0.15) is 19.0 Å². The van der Waals surface area contributed by atoms with Crippen molar-refractivity contribution >= 4 is 17.4 Å². The third-order valence-electron chi connectivity index (χ3n) is 6.34. The third kappa shape index (κ3) is 4.05. The van der Waals surface area contributed by atoms with Crippen molar-refractivity contribution in [2.45, 2.75) is 38.3 Å². The van der Waals surface area contributed by atoms with Crippen molar-refractivity contribution in [2.75, 3.05) is 23.8 Å². The predicted molar refractivity (Wildman–Crippen MR) is 128 cm³/mol. The fraction of sp³-hybridized carbons (Fsp3) is 0.320. The highest BCUT2D eigenvalue weighted by Gasteiger charge is 2.33. The van der Waals surface area contributed by atoms with Crippen LogP contribution in [0, 0.1) is 0 Å². The van der Waals surface area contributed by atoms with Crippen LogP contribution < -0.4 is 31.4 Å². The van der Waals surface area contributed by atoms with Crippen molar-refractivity contribution in [3.8, 4) is 11.5 Å². The molecule has 0 radical (unpaired) electrons. The number of aromatic amines is 1. The van der Waals surface area contributed by atoms with E-state index in [2.05, 4.69) is 4.98 Å². The van der Waals surface area contributed by atoms with E-state index in [4.69, 9.17) is 15.2 Å². The third-order valence-corrected chi connectivity index (χ3v) is 6.34. The highest BCUT2D eigenvalue weighted by Crippen LogP contribution is 2.34. The molecule has 9 heteroatoms. The maximum atomic E-state index is 13.8. The lowest BCUT2D eigenvalue weighted by Crippen LogP contribution is -2.45. The summed E-state index contributed by atoms with van der Waals surface area (Å²) in [5, 5.41) is 0. The highest BCUT2D eigenvalue weighted by atomic mass is 16.6. The number of carbonyl (C=O) groups excluding carboxylic acids is 1. The van der Waals surface area contributed by atoms with E-state index in [-0.39, 0.29) is 30.0 Å². The van der Waals surface area contributed by atoms with Crippen molar-refractivity contribution in [3.63, 3.8) is 0 Å². The molecule has 0 unspecified atom stereocenters. The Morgan fingerprint density at radius 1 is 1.03 bits per heavy atom. The summed E-state index contributed by atoms with van der Waals surface area (Å²) in [6.07, 6.45) is 3.37. The Hall–Kier alpha value is -4.01. The van der Waals surface area contributed by atoms with E-state index in [9.17, 15) is 14.4 Å². The van der Waals surface area contributed by atoms with Crippen LogP contribution in [-0.4, -0.2) is 34.7 Å². The topological polar surface area (TPSA) is 120 Å². The van der Waals surface area contributed by atoms with Crippen LogP contribution in [0.25, 0.3) is 0 Å². The van der Waals surface area contributed by atoms with Crippen LogP contribution in [0.1, 0.15) is 41.6 Å². The molecule has 5 rings (SSSR count). The number of ether oxygens (including phenoxy) is 2. The molecule has 2 aromatic carbocycles. The molecule has 0 bridgehead atoms. The van der Waals surface area contributed by atoms with Crippen molar-refractivity contribution in [2.24, 2.45) is 0 Å². The molecule has 9 nitrogen and oxygen atoms in total. The van der Waals surface area contributed by atoms with Crippen LogP contribution in [0.4, 0.5) is 11.5 Å². The Bertz CT molecular complexity index is 1330. The molecule has 176 valence electrons. The number of nitrogens with one attached hydrogen (secondary N) is 1. The molecule has 0 saturated heterocycles. The van der Waals surface area contributed by atoms with E-state index < -0.39 is 11.2 Å². The average molecular weight is 463 g/mol. The molecule has 3 aromatic rings. The normalized spacial score (nSPS) is 15.3. The second-order valence-electron chi connectivity index (χ2n) is 8.54. The number of benzene rings is 2. The van der Waals surface area contributed by atoms with Gasteiger partial charge in [0, 0.05) is 11.6 Å². The van der Waals surface area contributed by atoms with Gasteiger partial charge in [0.15, 0.2) is 17.2 Å². The molecular formula is C25H26N4O5. The van der Waals surface area contributed by atoms with Gasteiger partial charge in [-0.1, -0.05) is 43.2 Å². The summed E-state index contributed by atoms with van der Waals surface area (Å²) < 4.78 is 12.5. The largest absolute Gasteiger partial charge is 0.486 e. The molecule has 1 fully saturated rings. The lowest BCUT2D eigenvalue weighted by molar-refractivity contribution is 0.0975. The number of hydrogen-bond donors (Lipinski definition) is 2. The van der Waals surface area contributed by atoms with Gasteiger partial charge in [0.05, 0.1) is 6.54 Å². The van der Waals surface area contributed by atoms with Crippen LogP contribution in [0.2, 0.25) is 0 Å². The van der Waals surface area contributed by atoms with E-state index in [1.165, 1.54) is 9.47 Å². The van der Waals surface area contributed by atoms with Crippen LogP contribution in [0.3, 0.4) is 0 Å². The van der Waals surface area contributed by atoms with E-state index in [0.29, 0.717) is 30.3 Å². The first kappa shape index (κ1) is 21.8. The molecule has 0 spiro atoms. The Morgan fingerprint density at radius 3 is 2.47 bits per heavy atom. The fourth-order valence-electron chi connectivity index (χ4n) is 4.66. The zero-order chi connectivity index (χ0) is 23.7. The second kappa shape index (κ2) is 9.09. The van der Waals surface area contributed by atoms with Gasteiger partial charge >= 0.3 is 5.69 Å². The number of fused-ring (bicyclic) bond motifs is 1. The molecule has 1 aromatic heterocycles. The highest BCUT2D eigenvalue weighted by molar-refractivity contribution is 6.08. The van der Waals surface area contributed by atoms with Gasteiger partial charge < -0.3 is 15.2 Å². The Morgan fingerprint density at radius 2 is 1.74 bits per heavy atom. The minimum absolute atomic E-state index is 0.00215. The summed E-state index contributed by atoms with van der Waals surface area (Å²) in [4.78, 5) is 43.3. The number of carbonyl (C=O) groups is 1. The maximum Gasteiger partial charge on any atom is 0.330 e. The van der Waals surface area contributed by atoms with Crippen molar-refractivity contribution in [1.29, 1.82) is 0 Å². The lowest BCUT2D eigenvalue weighted by atomic mass is 10.1. The SMILES string of the molecule is Nc1c(N(C(=O)c2ccc3c(c2)OCCO3)C2CCCC2)c(=O)[nH]c(=O)n1Cc1ccccc1. The summed E-state index contributed by atoms with van der Waals surface area (Å²) in [5.41, 5.74) is 6.35. The van der Waals surface area contributed by atoms with Gasteiger partial charge in [-0.3, -0.25) is 24.0 Å². The number of nitrogens with two attached hydrogens (primary N) is 1. The molecular weight excluding hydrogens is 436 g/mol. The minimum Gasteiger partial charge on any atom is -0.486 e.